The van der Waals surface area contributed by atoms with Gasteiger partial charge in [0.05, 0.1) is 6.61 Å². The molecule has 0 bridgehead atoms. The van der Waals surface area contributed by atoms with Crippen molar-refractivity contribution in [1.29, 1.82) is 0 Å². The Morgan fingerprint density at radius 3 is 2.30 bits per heavy atom. The Morgan fingerprint density at radius 1 is 1.07 bits per heavy atom. The lowest BCUT2D eigenvalue weighted by Gasteiger charge is -2.31. The van der Waals surface area contributed by atoms with E-state index in [0.717, 1.165) is 11.4 Å². The number of nitrogens with zero attached hydrogens (tertiary/aromatic N) is 1. The maximum atomic E-state index is 12.6. The van der Waals surface area contributed by atoms with E-state index in [-0.39, 0.29) is 17.7 Å². The second-order valence-corrected chi connectivity index (χ2v) is 6.96. The number of anilines is 1. The fraction of sp³-hybridized carbons (Fsp3) is 0.333. The van der Waals surface area contributed by atoms with Crippen LogP contribution < -0.4 is 10.1 Å². The molecule has 0 spiro atoms. The lowest BCUT2D eigenvalue weighted by Crippen LogP contribution is -2.42. The molecule has 2 aromatic carbocycles. The summed E-state index contributed by atoms with van der Waals surface area (Å²) >= 11 is 5.88. The van der Waals surface area contributed by atoms with Crippen molar-refractivity contribution in [3.63, 3.8) is 0 Å². The Bertz CT molecular complexity index is 782. The van der Waals surface area contributed by atoms with Gasteiger partial charge in [0.15, 0.2) is 5.78 Å². The molecule has 1 saturated heterocycles. The minimum absolute atomic E-state index is 0.0549. The third kappa shape index (κ3) is 5.01. The van der Waals surface area contributed by atoms with E-state index in [9.17, 15) is 9.59 Å². The van der Waals surface area contributed by atoms with Gasteiger partial charge in [-0.05, 0) is 68.3 Å². The summed E-state index contributed by atoms with van der Waals surface area (Å²) in [7, 11) is 0. The number of nitrogens with one attached hydrogen (secondary N) is 1. The Hall–Kier alpha value is -2.53. The van der Waals surface area contributed by atoms with Gasteiger partial charge in [0.2, 0.25) is 0 Å². The fourth-order valence-electron chi connectivity index (χ4n) is 3.20. The van der Waals surface area contributed by atoms with Crippen LogP contribution in [0, 0.1) is 5.92 Å². The molecule has 27 heavy (non-hydrogen) atoms. The maximum absolute atomic E-state index is 12.6. The van der Waals surface area contributed by atoms with Crippen LogP contribution in [0.4, 0.5) is 10.5 Å². The summed E-state index contributed by atoms with van der Waals surface area (Å²) in [4.78, 5) is 26.8. The SMILES string of the molecule is CCOc1ccc(NC(=O)N2CCC(C(=O)c3ccc(Cl)cc3)CC2)cc1. The van der Waals surface area contributed by atoms with Gasteiger partial charge in [-0.1, -0.05) is 11.6 Å². The molecule has 0 radical (unpaired) electrons. The molecule has 1 aliphatic heterocycles. The predicted molar refractivity (Wildman–Crippen MR) is 107 cm³/mol. The minimum Gasteiger partial charge on any atom is -0.494 e. The van der Waals surface area contributed by atoms with Crippen molar-refractivity contribution in [1.82, 2.24) is 4.90 Å². The first-order chi connectivity index (χ1) is 13.1. The second-order valence-electron chi connectivity index (χ2n) is 6.52. The van der Waals surface area contributed by atoms with Crippen LogP contribution in [0.1, 0.15) is 30.1 Å². The van der Waals surface area contributed by atoms with Gasteiger partial charge in [-0.3, -0.25) is 4.79 Å². The molecule has 0 atom stereocenters. The van der Waals surface area contributed by atoms with E-state index >= 15 is 0 Å². The average Bonchev–Trinajstić information content (AvgIpc) is 2.70. The topological polar surface area (TPSA) is 58.6 Å². The molecule has 0 aliphatic carbocycles. The van der Waals surface area contributed by atoms with Crippen molar-refractivity contribution >= 4 is 29.1 Å². The van der Waals surface area contributed by atoms with Crippen molar-refractivity contribution < 1.29 is 14.3 Å². The van der Waals surface area contributed by atoms with Gasteiger partial charge < -0.3 is 15.0 Å². The molecule has 0 aromatic heterocycles. The number of urea groups is 1. The largest absolute Gasteiger partial charge is 0.494 e. The van der Waals surface area contributed by atoms with Crippen LogP contribution in [0.15, 0.2) is 48.5 Å². The molecular weight excluding hydrogens is 364 g/mol. The number of rotatable bonds is 5. The maximum Gasteiger partial charge on any atom is 0.321 e. The number of halogens is 1. The fourth-order valence-corrected chi connectivity index (χ4v) is 3.32. The van der Waals surface area contributed by atoms with Crippen molar-refractivity contribution in [2.45, 2.75) is 19.8 Å². The standard InChI is InChI=1S/C21H23ClN2O3/c1-2-27-19-9-7-18(8-10-19)23-21(26)24-13-11-16(12-14-24)20(25)15-3-5-17(22)6-4-15/h3-10,16H,2,11-14H2,1H3,(H,23,26). The van der Waals surface area contributed by atoms with Gasteiger partial charge in [-0.2, -0.15) is 0 Å². The predicted octanol–water partition coefficient (Wildman–Crippen LogP) is 4.87. The van der Waals surface area contributed by atoms with Crippen molar-refractivity contribution in [2.24, 2.45) is 5.92 Å². The molecule has 0 saturated carbocycles. The number of likely N-dealkylation sites (tertiary alicyclic amines) is 1. The average molecular weight is 387 g/mol. The lowest BCUT2D eigenvalue weighted by atomic mass is 9.89. The molecule has 5 nitrogen and oxygen atoms in total. The molecule has 2 amide bonds. The molecule has 1 fully saturated rings. The van der Waals surface area contributed by atoms with Gasteiger partial charge in [0.25, 0.3) is 0 Å². The zero-order valence-corrected chi connectivity index (χ0v) is 16.0. The van der Waals surface area contributed by atoms with Crippen molar-refractivity contribution in [3.05, 3.63) is 59.1 Å². The zero-order chi connectivity index (χ0) is 19.2. The molecule has 0 unspecified atom stereocenters. The van der Waals surface area contributed by atoms with Crippen LogP contribution in [-0.2, 0) is 0 Å². The van der Waals surface area contributed by atoms with Crippen molar-refractivity contribution in [3.8, 4) is 5.75 Å². The molecule has 6 heteroatoms. The van der Waals surface area contributed by atoms with E-state index in [1.54, 1.807) is 29.2 Å². The highest BCUT2D eigenvalue weighted by Gasteiger charge is 2.28. The summed E-state index contributed by atoms with van der Waals surface area (Å²) in [5, 5.41) is 3.51. The highest BCUT2D eigenvalue weighted by atomic mass is 35.5. The van der Waals surface area contributed by atoms with Crippen molar-refractivity contribution in [2.75, 3.05) is 25.0 Å². The first-order valence-corrected chi connectivity index (χ1v) is 9.53. The van der Waals surface area contributed by atoms with Gasteiger partial charge >= 0.3 is 6.03 Å². The number of benzene rings is 2. The summed E-state index contributed by atoms with van der Waals surface area (Å²) in [6, 6.07) is 14.1. The number of carbonyl (C=O) groups is 2. The van der Waals surface area contributed by atoms with Crippen LogP contribution in [0.5, 0.6) is 5.75 Å². The zero-order valence-electron chi connectivity index (χ0n) is 15.3. The molecule has 1 N–H and O–H groups in total. The van der Waals surface area contributed by atoms with Gasteiger partial charge in [0, 0.05) is 35.3 Å². The highest BCUT2D eigenvalue weighted by Crippen LogP contribution is 2.23. The third-order valence-electron chi connectivity index (χ3n) is 4.70. The van der Waals surface area contributed by atoms with E-state index in [0.29, 0.717) is 43.1 Å². The summed E-state index contributed by atoms with van der Waals surface area (Å²) in [6.45, 7) is 3.66. The molecule has 1 heterocycles. The number of amides is 2. The highest BCUT2D eigenvalue weighted by molar-refractivity contribution is 6.30. The molecule has 1 aliphatic rings. The summed E-state index contributed by atoms with van der Waals surface area (Å²) in [6.07, 6.45) is 1.33. The minimum atomic E-state index is -0.142. The van der Waals surface area contributed by atoms with Crippen LogP contribution in [0.25, 0.3) is 0 Å². The van der Waals surface area contributed by atoms with E-state index in [1.165, 1.54) is 0 Å². The van der Waals surface area contributed by atoms with E-state index in [4.69, 9.17) is 16.3 Å². The quantitative estimate of drug-likeness (QED) is 0.746. The Labute approximate surface area is 164 Å². The summed E-state index contributed by atoms with van der Waals surface area (Å²) < 4.78 is 5.40. The molecule has 3 rings (SSSR count). The van der Waals surface area contributed by atoms with Crippen LogP contribution in [-0.4, -0.2) is 36.4 Å². The van der Waals surface area contributed by atoms with E-state index < -0.39 is 0 Å². The number of carbonyl (C=O) groups excluding carboxylic acids is 2. The third-order valence-corrected chi connectivity index (χ3v) is 4.95. The Morgan fingerprint density at radius 2 is 1.70 bits per heavy atom. The first-order valence-electron chi connectivity index (χ1n) is 9.15. The van der Waals surface area contributed by atoms with Gasteiger partial charge in [-0.25, -0.2) is 4.79 Å². The summed E-state index contributed by atoms with van der Waals surface area (Å²) in [5.41, 5.74) is 1.40. The second kappa shape index (κ2) is 8.91. The molecule has 2 aromatic rings. The van der Waals surface area contributed by atoms with Gasteiger partial charge in [0.1, 0.15) is 5.75 Å². The normalized spacial score (nSPS) is 14.7. The Balaban J connectivity index is 1.51. The number of hydrogen-bond donors (Lipinski definition) is 1. The number of ether oxygens (including phenoxy) is 1. The van der Waals surface area contributed by atoms with Crippen LogP contribution in [0.2, 0.25) is 5.02 Å². The Kier molecular flexibility index (Phi) is 6.35. The monoisotopic (exact) mass is 386 g/mol. The van der Waals surface area contributed by atoms with E-state index in [2.05, 4.69) is 5.32 Å². The summed E-state index contributed by atoms with van der Waals surface area (Å²) in [5.74, 6) is 0.843. The number of ketones is 1. The first kappa shape index (κ1) is 19.2. The smallest absolute Gasteiger partial charge is 0.321 e. The number of hydrogen-bond acceptors (Lipinski definition) is 3. The number of piperidine rings is 1. The molecule has 142 valence electrons. The number of Topliss-reactive ketones (excluding diaryl/α,β-unsaturated/α-hetero) is 1. The van der Waals surface area contributed by atoms with Gasteiger partial charge in [-0.15, -0.1) is 0 Å². The molecular formula is C21H23ClN2O3. The van der Waals surface area contributed by atoms with Crippen LogP contribution >= 0.6 is 11.6 Å². The van der Waals surface area contributed by atoms with E-state index in [1.807, 2.05) is 31.2 Å². The lowest BCUT2D eigenvalue weighted by molar-refractivity contribution is 0.0859. The van der Waals surface area contributed by atoms with Crippen LogP contribution in [0.3, 0.4) is 0 Å².